The van der Waals surface area contributed by atoms with Gasteiger partial charge in [-0.05, 0) is 52.9 Å². The summed E-state index contributed by atoms with van der Waals surface area (Å²) in [4.78, 5) is 41.3. The Morgan fingerprint density at radius 1 is 1.06 bits per heavy atom. The van der Waals surface area contributed by atoms with E-state index in [0.717, 1.165) is 37.9 Å². The monoisotopic (exact) mass is 435 g/mol. The van der Waals surface area contributed by atoms with Gasteiger partial charge in [-0.15, -0.1) is 0 Å². The van der Waals surface area contributed by atoms with Crippen LogP contribution >= 0.6 is 0 Å². The minimum absolute atomic E-state index is 0.0629. The smallest absolute Gasteiger partial charge is 0.325 e. The van der Waals surface area contributed by atoms with E-state index in [2.05, 4.69) is 21.3 Å². The molecule has 0 saturated heterocycles. The number of amidine groups is 1. The summed E-state index contributed by atoms with van der Waals surface area (Å²) in [6.07, 6.45) is 7.73. The molecular weight excluding hydrogens is 398 g/mol. The predicted octanol–water partition coefficient (Wildman–Crippen LogP) is 1.62. The van der Waals surface area contributed by atoms with Crippen molar-refractivity contribution in [3.05, 3.63) is 0 Å². The Bertz CT molecular complexity index is 703. The number of amides is 3. The Morgan fingerprint density at radius 3 is 2.58 bits per heavy atom. The molecule has 174 valence electrons. The molecule has 3 rings (SSSR count). The molecule has 0 bridgehead atoms. The molecule has 0 aromatic carbocycles. The Kier molecular flexibility index (Phi) is 7.78. The average Bonchev–Trinajstić information content (AvgIpc) is 3.12. The first kappa shape index (κ1) is 23.3. The lowest BCUT2D eigenvalue weighted by atomic mass is 9.85. The number of aliphatic imine (C=N–C) groups is 1. The lowest BCUT2D eigenvalue weighted by Gasteiger charge is -2.29. The highest BCUT2D eigenvalue weighted by atomic mass is 16.6. The van der Waals surface area contributed by atoms with Gasteiger partial charge < -0.3 is 26.0 Å². The molecule has 4 N–H and O–H groups in total. The largest absolute Gasteiger partial charge is 0.459 e. The van der Waals surface area contributed by atoms with E-state index < -0.39 is 11.6 Å². The Morgan fingerprint density at radius 2 is 1.84 bits per heavy atom. The zero-order valence-electron chi connectivity index (χ0n) is 19.0. The summed E-state index contributed by atoms with van der Waals surface area (Å²) in [5.74, 6) is 0.0273. The van der Waals surface area contributed by atoms with Gasteiger partial charge in [-0.25, -0.2) is 4.79 Å². The van der Waals surface area contributed by atoms with Crippen LogP contribution in [-0.2, 0) is 14.3 Å². The molecule has 2 saturated carbocycles. The Hall–Kier alpha value is -2.32. The second-order valence-corrected chi connectivity index (χ2v) is 9.87. The third-order valence-corrected chi connectivity index (χ3v) is 6.03. The number of esters is 1. The maximum Gasteiger partial charge on any atom is 0.325 e. The van der Waals surface area contributed by atoms with Crippen LogP contribution in [0.1, 0.15) is 72.1 Å². The number of nitrogens with zero attached hydrogens (tertiary/aromatic N) is 1. The third-order valence-electron chi connectivity index (χ3n) is 6.03. The van der Waals surface area contributed by atoms with Crippen LogP contribution in [0.25, 0.3) is 0 Å². The van der Waals surface area contributed by atoms with Crippen LogP contribution in [0.3, 0.4) is 0 Å². The van der Waals surface area contributed by atoms with E-state index in [4.69, 9.17) is 9.73 Å². The molecule has 0 radical (unpaired) electrons. The van der Waals surface area contributed by atoms with Gasteiger partial charge in [0.05, 0.1) is 12.6 Å². The molecule has 3 aliphatic rings. The van der Waals surface area contributed by atoms with Crippen molar-refractivity contribution in [2.75, 3.05) is 13.1 Å². The molecule has 2 aliphatic carbocycles. The van der Waals surface area contributed by atoms with Crippen LogP contribution in [0.15, 0.2) is 4.99 Å². The van der Waals surface area contributed by atoms with Crippen molar-refractivity contribution in [1.82, 2.24) is 21.3 Å². The fraction of sp³-hybridized carbons (Fsp3) is 0.818. The van der Waals surface area contributed by atoms with E-state index in [-0.39, 0.29) is 30.4 Å². The summed E-state index contributed by atoms with van der Waals surface area (Å²) in [5.41, 5.74) is -0.577. The lowest BCUT2D eigenvalue weighted by molar-refractivity contribution is -0.154. The number of ether oxygens (including phenoxy) is 1. The molecule has 0 aromatic heterocycles. The van der Waals surface area contributed by atoms with Gasteiger partial charge in [-0.3, -0.25) is 14.6 Å². The van der Waals surface area contributed by atoms with Gasteiger partial charge in [-0.2, -0.15) is 0 Å². The van der Waals surface area contributed by atoms with Crippen LogP contribution in [-0.4, -0.2) is 60.6 Å². The second kappa shape index (κ2) is 10.3. The van der Waals surface area contributed by atoms with Crippen LogP contribution in [0.5, 0.6) is 0 Å². The predicted molar refractivity (Wildman–Crippen MR) is 118 cm³/mol. The second-order valence-electron chi connectivity index (χ2n) is 9.87. The highest BCUT2D eigenvalue weighted by Gasteiger charge is 2.31. The maximum absolute atomic E-state index is 12.5. The molecule has 2 fully saturated rings. The molecule has 31 heavy (non-hydrogen) atoms. The van der Waals surface area contributed by atoms with E-state index in [9.17, 15) is 14.4 Å². The summed E-state index contributed by atoms with van der Waals surface area (Å²) in [7, 11) is 0. The van der Waals surface area contributed by atoms with Gasteiger partial charge in [0.1, 0.15) is 18.0 Å². The van der Waals surface area contributed by atoms with Crippen molar-refractivity contribution in [2.24, 2.45) is 10.9 Å². The maximum atomic E-state index is 12.5. The van der Waals surface area contributed by atoms with E-state index >= 15 is 0 Å². The summed E-state index contributed by atoms with van der Waals surface area (Å²) < 4.78 is 5.22. The van der Waals surface area contributed by atoms with Gasteiger partial charge >= 0.3 is 12.0 Å². The van der Waals surface area contributed by atoms with Crippen molar-refractivity contribution in [1.29, 1.82) is 0 Å². The fourth-order valence-electron chi connectivity index (χ4n) is 4.62. The number of rotatable bonds is 6. The Labute approximate surface area is 184 Å². The number of hydrogen-bond acceptors (Lipinski definition) is 6. The van der Waals surface area contributed by atoms with Gasteiger partial charge in [0.2, 0.25) is 5.91 Å². The highest BCUT2D eigenvalue weighted by Crippen LogP contribution is 2.25. The van der Waals surface area contributed by atoms with Gasteiger partial charge in [0.25, 0.3) is 0 Å². The summed E-state index contributed by atoms with van der Waals surface area (Å²) >= 11 is 0. The number of hydrogen-bond donors (Lipinski definition) is 4. The molecule has 0 spiro atoms. The van der Waals surface area contributed by atoms with E-state index in [1.165, 1.54) is 12.8 Å². The molecule has 3 amide bonds. The Balaban J connectivity index is 1.36. The van der Waals surface area contributed by atoms with Crippen molar-refractivity contribution < 1.29 is 19.1 Å². The normalized spacial score (nSPS) is 27.9. The number of urea groups is 1. The van der Waals surface area contributed by atoms with Crippen molar-refractivity contribution in [3.8, 4) is 0 Å². The molecule has 4 unspecified atom stereocenters. The quantitative estimate of drug-likeness (QED) is 0.473. The van der Waals surface area contributed by atoms with Crippen molar-refractivity contribution in [3.63, 3.8) is 0 Å². The molecule has 4 atom stereocenters. The standard InChI is InChI=1S/C22H37N5O4/c1-22(2,3)31-19(28)13-23-20(29)14-7-6-8-15(11-14)25-21(30)24-12-18-26-16-9-4-5-10-17(16)27-18/h14-17H,4-13H2,1-3H3,(H,23,29)(H,26,27)(H2,24,25,30). The molecular formula is C22H37N5O4. The van der Waals surface area contributed by atoms with Gasteiger partial charge in [0.15, 0.2) is 0 Å². The van der Waals surface area contributed by atoms with E-state index in [1.54, 1.807) is 20.8 Å². The minimum Gasteiger partial charge on any atom is -0.459 e. The van der Waals surface area contributed by atoms with Crippen LogP contribution in [0, 0.1) is 5.92 Å². The SMILES string of the molecule is CC(C)(C)OC(=O)CNC(=O)C1CCCC(NC(=O)NCC2=NC3CCCCC3N2)C1. The first-order chi connectivity index (χ1) is 14.7. The molecule has 0 aromatic rings. The summed E-state index contributed by atoms with van der Waals surface area (Å²) in [5, 5.41) is 12.0. The molecule has 9 heteroatoms. The lowest BCUT2D eigenvalue weighted by Crippen LogP contribution is -2.48. The average molecular weight is 436 g/mol. The first-order valence-electron chi connectivity index (χ1n) is 11.6. The van der Waals surface area contributed by atoms with Crippen LogP contribution in [0.4, 0.5) is 4.79 Å². The zero-order chi connectivity index (χ0) is 22.4. The van der Waals surface area contributed by atoms with Crippen LogP contribution < -0.4 is 21.3 Å². The molecule has 9 nitrogen and oxygen atoms in total. The first-order valence-corrected chi connectivity index (χ1v) is 11.6. The number of fused-ring (bicyclic) bond motifs is 1. The number of carbonyl (C=O) groups is 3. The van der Waals surface area contributed by atoms with Crippen molar-refractivity contribution >= 4 is 23.7 Å². The molecule has 1 aliphatic heterocycles. The highest BCUT2D eigenvalue weighted by molar-refractivity contribution is 5.89. The van der Waals surface area contributed by atoms with Gasteiger partial charge in [0, 0.05) is 18.0 Å². The zero-order valence-corrected chi connectivity index (χ0v) is 19.0. The summed E-state index contributed by atoms with van der Waals surface area (Å²) in [6.45, 7) is 5.63. The molecule has 1 heterocycles. The topological polar surface area (TPSA) is 121 Å². The van der Waals surface area contributed by atoms with E-state index in [0.29, 0.717) is 25.0 Å². The van der Waals surface area contributed by atoms with Crippen LogP contribution in [0.2, 0.25) is 0 Å². The third kappa shape index (κ3) is 7.40. The number of carbonyl (C=O) groups excluding carboxylic acids is 3. The van der Waals surface area contributed by atoms with E-state index in [1.807, 2.05) is 0 Å². The summed E-state index contributed by atoms with van der Waals surface area (Å²) in [6, 6.07) is 0.477. The van der Waals surface area contributed by atoms with Gasteiger partial charge in [-0.1, -0.05) is 19.3 Å². The fourth-order valence-corrected chi connectivity index (χ4v) is 4.62. The number of nitrogens with one attached hydrogen (secondary N) is 4. The van der Waals surface area contributed by atoms with Crippen molar-refractivity contribution in [2.45, 2.75) is 95.9 Å². The minimum atomic E-state index is -0.577.